The number of ether oxygens (including phenoxy) is 4. The highest BCUT2D eigenvalue weighted by Gasteiger charge is 2.59. The number of carbonyl (C=O) groups excluding carboxylic acids is 4. The first-order valence-electron chi connectivity index (χ1n) is 7.84. The molecule has 2 aliphatic rings. The van der Waals surface area contributed by atoms with Crippen molar-refractivity contribution in [1.29, 1.82) is 0 Å². The van der Waals surface area contributed by atoms with E-state index in [1.54, 1.807) is 0 Å². The third-order valence-electron chi connectivity index (χ3n) is 3.77. The topological polar surface area (TPSA) is 108 Å². The van der Waals surface area contributed by atoms with Crippen molar-refractivity contribution in [2.75, 3.05) is 12.4 Å². The van der Waals surface area contributed by atoms with Crippen LogP contribution in [-0.2, 0) is 33.3 Å². The Morgan fingerprint density at radius 1 is 1.04 bits per heavy atom. The van der Waals surface area contributed by atoms with Gasteiger partial charge < -0.3 is 18.9 Å². The normalized spacial score (nSPS) is 31.0. The third kappa shape index (κ3) is 4.17. The van der Waals surface area contributed by atoms with Gasteiger partial charge in [0.2, 0.25) is 0 Å². The second-order valence-electron chi connectivity index (χ2n) is 5.62. The van der Waals surface area contributed by atoms with Crippen LogP contribution in [0.3, 0.4) is 0 Å². The number of cyclic esters (lactones) is 1. The van der Waals surface area contributed by atoms with Crippen molar-refractivity contribution in [3.63, 3.8) is 0 Å². The molecule has 2 fully saturated rings. The fourth-order valence-corrected chi connectivity index (χ4v) is 4.19. The fraction of sp³-hybridized carbons (Fsp3) is 0.733. The Morgan fingerprint density at radius 2 is 1.56 bits per heavy atom. The first-order valence-corrected chi connectivity index (χ1v) is 8.89. The lowest BCUT2D eigenvalue weighted by Crippen LogP contribution is -2.67. The molecule has 0 aromatic carbocycles. The maximum atomic E-state index is 12.2. The van der Waals surface area contributed by atoms with Crippen LogP contribution < -0.4 is 0 Å². The predicted octanol–water partition coefficient (Wildman–Crippen LogP) is 0.695. The smallest absolute Gasteiger partial charge is 0.411 e. The van der Waals surface area contributed by atoms with Crippen molar-refractivity contribution in [3.8, 4) is 0 Å². The zero-order valence-corrected chi connectivity index (χ0v) is 15.2. The van der Waals surface area contributed by atoms with Crippen LogP contribution >= 0.6 is 11.8 Å². The maximum absolute atomic E-state index is 12.2. The van der Waals surface area contributed by atoms with E-state index in [1.165, 1.54) is 37.4 Å². The molecular formula is C15H21NO8S. The number of hydrogen-bond donors (Lipinski definition) is 0. The van der Waals surface area contributed by atoms with Crippen molar-refractivity contribution in [1.82, 2.24) is 4.90 Å². The lowest BCUT2D eigenvalue weighted by Gasteiger charge is -2.47. The summed E-state index contributed by atoms with van der Waals surface area (Å²) in [6.45, 7) is 5.50. The van der Waals surface area contributed by atoms with Gasteiger partial charge in [0.15, 0.2) is 18.3 Å². The van der Waals surface area contributed by atoms with Gasteiger partial charge in [-0.2, -0.15) is 0 Å². The van der Waals surface area contributed by atoms with Gasteiger partial charge in [-0.1, -0.05) is 6.92 Å². The molecular weight excluding hydrogens is 354 g/mol. The van der Waals surface area contributed by atoms with E-state index >= 15 is 0 Å². The number of hydrogen-bond acceptors (Lipinski definition) is 9. The Morgan fingerprint density at radius 3 is 2.08 bits per heavy atom. The highest BCUT2D eigenvalue weighted by molar-refractivity contribution is 7.99. The Balaban J connectivity index is 2.46. The molecule has 0 aromatic rings. The molecule has 2 heterocycles. The van der Waals surface area contributed by atoms with Crippen LogP contribution in [0.4, 0.5) is 4.79 Å². The highest BCUT2D eigenvalue weighted by atomic mass is 32.2. The lowest BCUT2D eigenvalue weighted by molar-refractivity contribution is -0.200. The van der Waals surface area contributed by atoms with Crippen LogP contribution in [-0.4, -0.2) is 71.0 Å². The number of amides is 1. The first-order chi connectivity index (χ1) is 11.8. The molecule has 2 aliphatic heterocycles. The number of esters is 3. The molecule has 9 nitrogen and oxygen atoms in total. The van der Waals surface area contributed by atoms with Crippen LogP contribution in [0.1, 0.15) is 27.7 Å². The minimum atomic E-state index is -1.04. The second kappa shape index (κ2) is 7.94. The monoisotopic (exact) mass is 375 g/mol. The van der Waals surface area contributed by atoms with Gasteiger partial charge in [0, 0.05) is 20.8 Å². The van der Waals surface area contributed by atoms with E-state index in [1.807, 2.05) is 6.92 Å². The van der Waals surface area contributed by atoms with E-state index < -0.39 is 53.7 Å². The van der Waals surface area contributed by atoms with E-state index in [4.69, 9.17) is 18.9 Å². The number of nitrogens with zero attached hydrogens (tertiary/aromatic N) is 1. The summed E-state index contributed by atoms with van der Waals surface area (Å²) in [5, 5.41) is -0.620. The molecule has 0 radical (unpaired) electrons. The van der Waals surface area contributed by atoms with Crippen molar-refractivity contribution < 1.29 is 38.1 Å². The average Bonchev–Trinajstić information content (AvgIpc) is 2.87. The summed E-state index contributed by atoms with van der Waals surface area (Å²) in [5.74, 6) is -1.21. The molecule has 0 N–H and O–H groups in total. The molecule has 0 aromatic heterocycles. The summed E-state index contributed by atoms with van der Waals surface area (Å²) in [7, 11) is 0. The van der Waals surface area contributed by atoms with Gasteiger partial charge in [-0.15, -0.1) is 11.8 Å². The van der Waals surface area contributed by atoms with Gasteiger partial charge in [-0.3, -0.25) is 19.3 Å². The average molecular weight is 375 g/mol. The summed E-state index contributed by atoms with van der Waals surface area (Å²) < 4.78 is 21.1. The predicted molar refractivity (Wildman–Crippen MR) is 85.6 cm³/mol. The van der Waals surface area contributed by atoms with Gasteiger partial charge in [0.1, 0.15) is 18.0 Å². The summed E-state index contributed by atoms with van der Waals surface area (Å²) in [4.78, 5) is 48.3. The van der Waals surface area contributed by atoms with Crippen LogP contribution in [0.25, 0.3) is 0 Å². The van der Waals surface area contributed by atoms with Crippen LogP contribution in [0.2, 0.25) is 0 Å². The third-order valence-corrected chi connectivity index (χ3v) is 4.94. The van der Waals surface area contributed by atoms with Crippen LogP contribution in [0.15, 0.2) is 0 Å². The van der Waals surface area contributed by atoms with Gasteiger partial charge in [0.05, 0.1) is 0 Å². The Kier molecular flexibility index (Phi) is 6.15. The molecule has 0 aliphatic carbocycles. The lowest BCUT2D eigenvalue weighted by atomic mass is 9.94. The molecule has 1 amide bonds. The number of carbonyl (C=O) groups is 4. The number of rotatable bonds is 5. The molecule has 140 valence electrons. The molecule has 0 bridgehead atoms. The zero-order chi connectivity index (χ0) is 18.7. The zero-order valence-electron chi connectivity index (χ0n) is 14.4. The van der Waals surface area contributed by atoms with E-state index in [0.29, 0.717) is 5.75 Å². The molecule has 25 heavy (non-hydrogen) atoms. The van der Waals surface area contributed by atoms with Gasteiger partial charge in [-0.25, -0.2) is 4.79 Å². The van der Waals surface area contributed by atoms with E-state index in [-0.39, 0.29) is 6.61 Å². The van der Waals surface area contributed by atoms with Crippen LogP contribution in [0, 0.1) is 0 Å². The summed E-state index contributed by atoms with van der Waals surface area (Å²) in [6.07, 6.45) is -3.61. The Bertz CT molecular complexity index is 552. The molecule has 0 spiro atoms. The maximum Gasteiger partial charge on any atom is 0.411 e. The fourth-order valence-electron chi connectivity index (χ4n) is 3.04. The summed E-state index contributed by atoms with van der Waals surface area (Å²) in [5.41, 5.74) is 0. The molecule has 5 atom stereocenters. The molecule has 2 saturated heterocycles. The van der Waals surface area contributed by atoms with Gasteiger partial charge in [0.25, 0.3) is 0 Å². The number of thioether (sulfide) groups is 1. The minimum absolute atomic E-state index is 0.0118. The molecule has 0 unspecified atom stereocenters. The summed E-state index contributed by atoms with van der Waals surface area (Å²) >= 11 is 1.35. The van der Waals surface area contributed by atoms with E-state index in [2.05, 4.69) is 0 Å². The second-order valence-corrected chi connectivity index (χ2v) is 7.01. The summed E-state index contributed by atoms with van der Waals surface area (Å²) in [6, 6.07) is -0.628. The Hall–Kier alpha value is -1.97. The standard InChI is InChI=1S/C15H21NO8S/c1-5-25-14-13(24-9(4)19)12(23-8(3)18)11(22-7(2)17)10-6-21-15(20)16(10)14/h10-14H,5-6H2,1-4H3/t10-,11-,12+,13-,14+/m1/s1. The van der Waals surface area contributed by atoms with Gasteiger partial charge in [-0.05, 0) is 5.75 Å². The van der Waals surface area contributed by atoms with Crippen molar-refractivity contribution in [2.24, 2.45) is 0 Å². The quantitative estimate of drug-likeness (QED) is 0.506. The van der Waals surface area contributed by atoms with Crippen LogP contribution in [0.5, 0.6) is 0 Å². The van der Waals surface area contributed by atoms with E-state index in [0.717, 1.165) is 0 Å². The number of piperidine rings is 1. The Labute approximate surface area is 149 Å². The van der Waals surface area contributed by atoms with Gasteiger partial charge >= 0.3 is 24.0 Å². The molecule has 2 rings (SSSR count). The minimum Gasteiger partial charge on any atom is -0.456 e. The van der Waals surface area contributed by atoms with Crippen molar-refractivity contribution in [3.05, 3.63) is 0 Å². The highest BCUT2D eigenvalue weighted by Crippen LogP contribution is 2.39. The number of fused-ring (bicyclic) bond motifs is 1. The van der Waals surface area contributed by atoms with Crippen molar-refractivity contribution in [2.45, 2.75) is 57.4 Å². The first kappa shape index (κ1) is 19.4. The molecule has 10 heteroatoms. The SMILES string of the molecule is CCS[C@H]1[C@H](OC(C)=O)[C@@H](OC(C)=O)[C@H](OC(C)=O)[C@H]2COC(=O)N21. The largest absolute Gasteiger partial charge is 0.456 e. The molecule has 0 saturated carbocycles. The van der Waals surface area contributed by atoms with Crippen molar-refractivity contribution >= 4 is 35.8 Å². The van der Waals surface area contributed by atoms with E-state index in [9.17, 15) is 19.2 Å².